The van der Waals surface area contributed by atoms with Crippen molar-refractivity contribution in [1.82, 2.24) is 15.3 Å². The third-order valence-corrected chi connectivity index (χ3v) is 6.98. The molecule has 1 heterocycles. The van der Waals surface area contributed by atoms with Gasteiger partial charge in [0.2, 0.25) is 0 Å². The van der Waals surface area contributed by atoms with Crippen LogP contribution in [-0.4, -0.2) is 21.9 Å². The Morgan fingerprint density at radius 1 is 0.939 bits per heavy atom. The molecule has 0 aliphatic heterocycles. The van der Waals surface area contributed by atoms with Gasteiger partial charge in [0.1, 0.15) is 0 Å². The SMILES string of the molecule is O=C(NC1CCCCC1)c1nc(-c2ccc(Cl)cc2Cl)c(CCCCc2ccc(Cl)cc2)[nH]1. The Morgan fingerprint density at radius 3 is 2.36 bits per heavy atom. The summed E-state index contributed by atoms with van der Waals surface area (Å²) >= 11 is 18.6. The average Bonchev–Trinajstić information content (AvgIpc) is 3.23. The Labute approximate surface area is 210 Å². The van der Waals surface area contributed by atoms with E-state index in [0.29, 0.717) is 15.9 Å². The highest BCUT2D eigenvalue weighted by Crippen LogP contribution is 2.32. The van der Waals surface area contributed by atoms with Crippen LogP contribution in [0, 0.1) is 0 Å². The number of H-pyrrole nitrogens is 1. The third-order valence-electron chi connectivity index (χ3n) is 6.18. The van der Waals surface area contributed by atoms with Gasteiger partial charge in [0.05, 0.1) is 10.7 Å². The summed E-state index contributed by atoms with van der Waals surface area (Å²) in [6.45, 7) is 0. The number of carbonyl (C=O) groups is 1. The second-order valence-corrected chi connectivity index (χ2v) is 9.96. The first-order valence-corrected chi connectivity index (χ1v) is 12.7. The van der Waals surface area contributed by atoms with Crippen molar-refractivity contribution < 1.29 is 4.79 Å². The minimum absolute atomic E-state index is 0.152. The van der Waals surface area contributed by atoms with Gasteiger partial charge in [-0.2, -0.15) is 0 Å². The van der Waals surface area contributed by atoms with Crippen molar-refractivity contribution in [2.45, 2.75) is 63.8 Å². The Hall–Kier alpha value is -2.01. The molecule has 1 aliphatic rings. The summed E-state index contributed by atoms with van der Waals surface area (Å²) in [7, 11) is 0. The van der Waals surface area contributed by atoms with Crippen molar-refractivity contribution in [1.29, 1.82) is 0 Å². The van der Waals surface area contributed by atoms with E-state index >= 15 is 0 Å². The highest BCUT2D eigenvalue weighted by Gasteiger charge is 2.22. The topological polar surface area (TPSA) is 57.8 Å². The number of nitrogens with one attached hydrogen (secondary N) is 2. The Morgan fingerprint density at radius 2 is 1.64 bits per heavy atom. The molecule has 1 aliphatic carbocycles. The molecule has 3 aromatic rings. The third kappa shape index (κ3) is 6.53. The summed E-state index contributed by atoms with van der Waals surface area (Å²) in [5.41, 5.74) is 3.68. The molecule has 1 amide bonds. The number of aryl methyl sites for hydroxylation is 2. The number of imidazole rings is 1. The molecule has 0 radical (unpaired) electrons. The van der Waals surface area contributed by atoms with E-state index in [1.165, 1.54) is 12.0 Å². The zero-order valence-corrected chi connectivity index (χ0v) is 20.7. The molecule has 1 aromatic heterocycles. The summed E-state index contributed by atoms with van der Waals surface area (Å²) in [6, 6.07) is 13.6. The first-order valence-electron chi connectivity index (χ1n) is 11.6. The van der Waals surface area contributed by atoms with Gasteiger partial charge in [-0.3, -0.25) is 4.79 Å². The molecule has 2 N–H and O–H groups in total. The zero-order valence-electron chi connectivity index (χ0n) is 18.5. The highest BCUT2D eigenvalue weighted by atomic mass is 35.5. The summed E-state index contributed by atoms with van der Waals surface area (Å²) in [5.74, 6) is 0.190. The average molecular weight is 505 g/mol. The van der Waals surface area contributed by atoms with Gasteiger partial charge in [0.25, 0.3) is 5.91 Å². The van der Waals surface area contributed by atoms with Crippen LogP contribution < -0.4 is 5.32 Å². The van der Waals surface area contributed by atoms with Gasteiger partial charge in [-0.15, -0.1) is 0 Å². The van der Waals surface area contributed by atoms with E-state index in [0.717, 1.165) is 73.3 Å². The van der Waals surface area contributed by atoms with Gasteiger partial charge in [-0.25, -0.2) is 4.98 Å². The van der Waals surface area contributed by atoms with Crippen molar-refractivity contribution in [3.05, 3.63) is 74.6 Å². The molecule has 174 valence electrons. The number of hydrogen-bond donors (Lipinski definition) is 2. The highest BCUT2D eigenvalue weighted by molar-refractivity contribution is 6.36. The summed E-state index contributed by atoms with van der Waals surface area (Å²) < 4.78 is 0. The van der Waals surface area contributed by atoms with Crippen LogP contribution in [-0.2, 0) is 12.8 Å². The maximum Gasteiger partial charge on any atom is 0.287 e. The predicted octanol–water partition coefficient (Wildman–Crippen LogP) is 7.66. The lowest BCUT2D eigenvalue weighted by Gasteiger charge is -2.22. The lowest BCUT2D eigenvalue weighted by atomic mass is 9.95. The van der Waals surface area contributed by atoms with E-state index in [2.05, 4.69) is 27.4 Å². The lowest BCUT2D eigenvalue weighted by Crippen LogP contribution is -2.36. The maximum atomic E-state index is 12.9. The van der Waals surface area contributed by atoms with Gasteiger partial charge in [0.15, 0.2) is 5.82 Å². The Bertz CT molecular complexity index is 1090. The number of unbranched alkanes of at least 4 members (excludes halogenated alkanes) is 1. The van der Waals surface area contributed by atoms with Gasteiger partial charge in [0, 0.05) is 27.3 Å². The fourth-order valence-electron chi connectivity index (χ4n) is 4.38. The number of rotatable bonds is 8. The lowest BCUT2D eigenvalue weighted by molar-refractivity contribution is 0.0918. The normalized spacial score (nSPS) is 14.4. The largest absolute Gasteiger partial charge is 0.347 e. The van der Waals surface area contributed by atoms with Gasteiger partial charge in [-0.1, -0.05) is 66.2 Å². The molecular weight excluding hydrogens is 477 g/mol. The van der Waals surface area contributed by atoms with E-state index < -0.39 is 0 Å². The molecular formula is C26H28Cl3N3O. The van der Waals surface area contributed by atoms with Crippen LogP contribution in [0.1, 0.15) is 66.8 Å². The maximum absolute atomic E-state index is 12.9. The molecule has 1 fully saturated rings. The van der Waals surface area contributed by atoms with Crippen LogP contribution in [0.2, 0.25) is 15.1 Å². The summed E-state index contributed by atoms with van der Waals surface area (Å²) in [5, 5.41) is 4.99. The Balaban J connectivity index is 1.49. The minimum atomic E-state index is -0.152. The first-order chi connectivity index (χ1) is 16.0. The molecule has 1 saturated carbocycles. The van der Waals surface area contributed by atoms with Crippen molar-refractivity contribution in [3.63, 3.8) is 0 Å². The van der Waals surface area contributed by atoms with E-state index in [1.54, 1.807) is 12.1 Å². The molecule has 4 rings (SSSR count). The number of hydrogen-bond acceptors (Lipinski definition) is 2. The van der Waals surface area contributed by atoms with Crippen LogP contribution in [0.5, 0.6) is 0 Å². The van der Waals surface area contributed by atoms with E-state index in [9.17, 15) is 4.79 Å². The summed E-state index contributed by atoms with van der Waals surface area (Å²) in [6.07, 6.45) is 9.32. The molecule has 0 unspecified atom stereocenters. The molecule has 2 aromatic carbocycles. The van der Waals surface area contributed by atoms with E-state index in [1.807, 2.05) is 18.2 Å². The predicted molar refractivity (Wildman–Crippen MR) is 136 cm³/mol. The molecule has 4 nitrogen and oxygen atoms in total. The molecule has 0 saturated heterocycles. The second-order valence-electron chi connectivity index (χ2n) is 8.68. The molecule has 7 heteroatoms. The van der Waals surface area contributed by atoms with Crippen LogP contribution in [0.25, 0.3) is 11.3 Å². The number of carbonyl (C=O) groups excluding carboxylic acids is 1. The van der Waals surface area contributed by atoms with Gasteiger partial charge in [-0.05, 0) is 74.4 Å². The number of benzene rings is 2. The minimum Gasteiger partial charge on any atom is -0.347 e. The van der Waals surface area contributed by atoms with Crippen molar-refractivity contribution in [3.8, 4) is 11.3 Å². The number of halogens is 3. The summed E-state index contributed by atoms with van der Waals surface area (Å²) in [4.78, 5) is 20.9. The quantitative estimate of drug-likeness (QED) is 0.309. The number of aromatic nitrogens is 2. The fourth-order valence-corrected chi connectivity index (χ4v) is 5.01. The number of nitrogens with zero attached hydrogens (tertiary/aromatic N) is 1. The standard InChI is InChI=1S/C26H28Cl3N3O/c27-18-12-10-17(11-13-18)6-4-5-9-23-24(21-15-14-19(28)16-22(21)29)32-25(31-23)26(33)30-20-7-2-1-3-8-20/h10-16,20H,1-9H2,(H,30,33)(H,31,32). The first kappa shape index (κ1) is 24.1. The van der Waals surface area contributed by atoms with Crippen LogP contribution in [0.4, 0.5) is 0 Å². The zero-order chi connectivity index (χ0) is 23.2. The fraction of sp³-hybridized carbons (Fsp3) is 0.385. The van der Waals surface area contributed by atoms with Crippen LogP contribution in [0.3, 0.4) is 0 Å². The number of amides is 1. The smallest absolute Gasteiger partial charge is 0.287 e. The van der Waals surface area contributed by atoms with Gasteiger partial charge >= 0.3 is 0 Å². The number of aromatic amines is 1. The van der Waals surface area contributed by atoms with Crippen molar-refractivity contribution in [2.24, 2.45) is 0 Å². The van der Waals surface area contributed by atoms with E-state index in [4.69, 9.17) is 34.8 Å². The molecule has 0 atom stereocenters. The molecule has 0 bridgehead atoms. The van der Waals surface area contributed by atoms with Crippen LogP contribution in [0.15, 0.2) is 42.5 Å². The van der Waals surface area contributed by atoms with Crippen molar-refractivity contribution >= 4 is 40.7 Å². The Kier molecular flexibility index (Phi) is 8.34. The van der Waals surface area contributed by atoms with Crippen LogP contribution >= 0.6 is 34.8 Å². The molecule has 33 heavy (non-hydrogen) atoms. The van der Waals surface area contributed by atoms with Gasteiger partial charge < -0.3 is 10.3 Å². The van der Waals surface area contributed by atoms with E-state index in [-0.39, 0.29) is 11.9 Å². The molecule has 0 spiro atoms. The second kappa shape index (κ2) is 11.4. The van der Waals surface area contributed by atoms with Crippen molar-refractivity contribution in [2.75, 3.05) is 0 Å². The monoisotopic (exact) mass is 503 g/mol.